The highest BCUT2D eigenvalue weighted by atomic mass is 16.5. The van der Waals surface area contributed by atoms with E-state index >= 15 is 0 Å². The number of hydrogen-bond acceptors (Lipinski definition) is 6. The molecule has 3 aromatic rings. The average molecular weight is 393 g/mol. The Morgan fingerprint density at radius 3 is 2.59 bits per heavy atom. The van der Waals surface area contributed by atoms with Crippen LogP contribution < -0.4 is 9.47 Å². The van der Waals surface area contributed by atoms with Crippen LogP contribution in [0.15, 0.2) is 42.6 Å². The van der Waals surface area contributed by atoms with Crippen LogP contribution in [0.2, 0.25) is 0 Å². The minimum atomic E-state index is -0.0598. The Balaban J connectivity index is 1.48. The lowest BCUT2D eigenvalue weighted by Crippen LogP contribution is -2.29. The molecule has 1 atom stereocenters. The number of nitrogens with zero attached hydrogens (tertiary/aromatic N) is 5. The van der Waals surface area contributed by atoms with Gasteiger partial charge in [0.25, 0.3) is 5.91 Å². The Bertz CT molecular complexity index is 1020. The predicted octanol–water partition coefficient (Wildman–Crippen LogP) is 2.95. The normalized spacial score (nSPS) is 16.1. The van der Waals surface area contributed by atoms with Crippen molar-refractivity contribution in [3.63, 3.8) is 0 Å². The minimum absolute atomic E-state index is 0.0598. The van der Waals surface area contributed by atoms with E-state index in [2.05, 4.69) is 15.1 Å². The van der Waals surface area contributed by atoms with Crippen LogP contribution in [0.1, 0.15) is 34.3 Å². The lowest BCUT2D eigenvalue weighted by atomic mass is 10.1. The summed E-state index contributed by atoms with van der Waals surface area (Å²) in [7, 11) is 3.42. The molecule has 8 heteroatoms. The highest BCUT2D eigenvalue weighted by Crippen LogP contribution is 2.29. The van der Waals surface area contributed by atoms with E-state index in [1.54, 1.807) is 37.2 Å². The van der Waals surface area contributed by atoms with Crippen molar-refractivity contribution < 1.29 is 14.3 Å². The van der Waals surface area contributed by atoms with E-state index in [4.69, 9.17) is 9.47 Å². The number of hydrogen-bond donors (Lipinski definition) is 0. The molecule has 1 saturated heterocycles. The van der Waals surface area contributed by atoms with Gasteiger partial charge in [0.15, 0.2) is 0 Å². The second-order valence-electron chi connectivity index (χ2n) is 7.09. The Labute approximate surface area is 169 Å². The summed E-state index contributed by atoms with van der Waals surface area (Å²) in [5.74, 6) is 2.64. The third-order valence-corrected chi connectivity index (χ3v) is 4.90. The minimum Gasteiger partial charge on any atom is -0.497 e. The first-order valence-electron chi connectivity index (χ1n) is 9.48. The van der Waals surface area contributed by atoms with Crippen molar-refractivity contribution in [2.75, 3.05) is 20.2 Å². The maximum absolute atomic E-state index is 12.6. The zero-order valence-electron chi connectivity index (χ0n) is 16.7. The van der Waals surface area contributed by atoms with Crippen LogP contribution in [0.3, 0.4) is 0 Å². The Kier molecular flexibility index (Phi) is 5.16. The Morgan fingerprint density at radius 2 is 1.90 bits per heavy atom. The van der Waals surface area contributed by atoms with Crippen molar-refractivity contribution >= 4 is 5.91 Å². The molecule has 1 aromatic carbocycles. The third kappa shape index (κ3) is 4.21. The van der Waals surface area contributed by atoms with Crippen LogP contribution in [0.5, 0.6) is 17.4 Å². The van der Waals surface area contributed by atoms with Crippen LogP contribution in [0, 0.1) is 6.92 Å². The van der Waals surface area contributed by atoms with Gasteiger partial charge in [0.1, 0.15) is 23.0 Å². The van der Waals surface area contributed by atoms with Gasteiger partial charge in [0.2, 0.25) is 5.88 Å². The van der Waals surface area contributed by atoms with Crippen LogP contribution in [0.4, 0.5) is 0 Å². The number of amides is 1. The molecule has 0 spiro atoms. The number of aryl methyl sites for hydroxylation is 2. The molecule has 1 aliphatic rings. The monoisotopic (exact) mass is 393 g/mol. The van der Waals surface area contributed by atoms with Gasteiger partial charge in [0, 0.05) is 44.0 Å². The summed E-state index contributed by atoms with van der Waals surface area (Å²) >= 11 is 0. The second-order valence-corrected chi connectivity index (χ2v) is 7.09. The Morgan fingerprint density at radius 1 is 1.14 bits per heavy atom. The fourth-order valence-corrected chi connectivity index (χ4v) is 3.41. The fourth-order valence-electron chi connectivity index (χ4n) is 3.41. The first kappa shape index (κ1) is 18.9. The quantitative estimate of drug-likeness (QED) is 0.663. The van der Waals surface area contributed by atoms with Crippen LogP contribution >= 0.6 is 0 Å². The molecule has 1 fully saturated rings. The highest BCUT2D eigenvalue weighted by molar-refractivity contribution is 5.92. The third-order valence-electron chi connectivity index (χ3n) is 4.90. The fraction of sp³-hybridized carbons (Fsp3) is 0.333. The molecule has 1 aliphatic heterocycles. The van der Waals surface area contributed by atoms with Gasteiger partial charge < -0.3 is 14.4 Å². The van der Waals surface area contributed by atoms with Crippen LogP contribution in [0.25, 0.3) is 0 Å². The smallest absolute Gasteiger partial charge is 0.274 e. The van der Waals surface area contributed by atoms with Crippen molar-refractivity contribution in [2.45, 2.75) is 19.3 Å². The van der Waals surface area contributed by atoms with Crippen molar-refractivity contribution in [1.29, 1.82) is 0 Å². The molecular formula is C21H23N5O3. The van der Waals surface area contributed by atoms with E-state index in [0.29, 0.717) is 36.2 Å². The lowest BCUT2D eigenvalue weighted by Gasteiger charge is -2.15. The molecule has 150 valence electrons. The van der Waals surface area contributed by atoms with Crippen molar-refractivity contribution in [3.05, 3.63) is 59.8 Å². The van der Waals surface area contributed by atoms with Gasteiger partial charge in [-0.3, -0.25) is 9.48 Å². The Hall–Kier alpha value is -3.42. The van der Waals surface area contributed by atoms with Gasteiger partial charge in [-0.2, -0.15) is 10.1 Å². The molecule has 29 heavy (non-hydrogen) atoms. The number of benzene rings is 1. The highest BCUT2D eigenvalue weighted by Gasteiger charge is 2.31. The maximum atomic E-state index is 12.6. The summed E-state index contributed by atoms with van der Waals surface area (Å²) in [5.41, 5.74) is 1.29. The summed E-state index contributed by atoms with van der Waals surface area (Å²) in [6.45, 7) is 3.14. The molecule has 4 rings (SSSR count). The van der Waals surface area contributed by atoms with Crippen molar-refractivity contribution in [3.8, 4) is 17.4 Å². The lowest BCUT2D eigenvalue weighted by molar-refractivity contribution is 0.0784. The van der Waals surface area contributed by atoms with E-state index in [9.17, 15) is 4.79 Å². The first-order chi connectivity index (χ1) is 14.0. The van der Waals surface area contributed by atoms with Gasteiger partial charge in [-0.25, -0.2) is 4.98 Å². The van der Waals surface area contributed by atoms with E-state index in [1.807, 2.05) is 36.1 Å². The molecule has 1 unspecified atom stereocenters. The van der Waals surface area contributed by atoms with E-state index in [-0.39, 0.29) is 11.8 Å². The van der Waals surface area contributed by atoms with Crippen molar-refractivity contribution in [1.82, 2.24) is 24.6 Å². The summed E-state index contributed by atoms with van der Waals surface area (Å²) < 4.78 is 12.7. The summed E-state index contributed by atoms with van der Waals surface area (Å²) in [5, 5.41) is 4.21. The number of aromatic nitrogens is 4. The molecule has 0 aliphatic carbocycles. The SMILES string of the molecule is COc1ccc(Oc2cc(C)nc(C3CCN(C(=O)c4ccn(C)n4)C3)n2)cc1. The van der Waals surface area contributed by atoms with Crippen molar-refractivity contribution in [2.24, 2.45) is 7.05 Å². The molecule has 8 nitrogen and oxygen atoms in total. The van der Waals surface area contributed by atoms with Gasteiger partial charge in [0.05, 0.1) is 7.11 Å². The van der Waals surface area contributed by atoms with Crippen LogP contribution in [-0.4, -0.2) is 50.8 Å². The molecule has 0 saturated carbocycles. The van der Waals surface area contributed by atoms with E-state index in [1.165, 1.54) is 0 Å². The molecular weight excluding hydrogens is 370 g/mol. The molecule has 0 N–H and O–H groups in total. The number of rotatable bonds is 5. The largest absolute Gasteiger partial charge is 0.497 e. The number of carbonyl (C=O) groups excluding carboxylic acids is 1. The zero-order valence-corrected chi connectivity index (χ0v) is 16.7. The maximum Gasteiger partial charge on any atom is 0.274 e. The second kappa shape index (κ2) is 7.90. The van der Waals surface area contributed by atoms with Crippen LogP contribution in [-0.2, 0) is 7.05 Å². The number of methoxy groups -OCH3 is 1. The van der Waals surface area contributed by atoms with Gasteiger partial charge >= 0.3 is 0 Å². The molecule has 1 amide bonds. The topological polar surface area (TPSA) is 82.4 Å². The zero-order chi connectivity index (χ0) is 20.4. The first-order valence-corrected chi connectivity index (χ1v) is 9.48. The molecule has 0 bridgehead atoms. The van der Waals surface area contributed by atoms with E-state index in [0.717, 1.165) is 17.9 Å². The average Bonchev–Trinajstić information content (AvgIpc) is 3.37. The molecule has 2 aromatic heterocycles. The van der Waals surface area contributed by atoms with Gasteiger partial charge in [-0.1, -0.05) is 0 Å². The number of carbonyl (C=O) groups is 1. The molecule has 0 radical (unpaired) electrons. The summed E-state index contributed by atoms with van der Waals surface area (Å²) in [4.78, 5) is 23.6. The molecule has 3 heterocycles. The van der Waals surface area contributed by atoms with Gasteiger partial charge in [-0.05, 0) is 43.7 Å². The van der Waals surface area contributed by atoms with E-state index < -0.39 is 0 Å². The number of likely N-dealkylation sites (tertiary alicyclic amines) is 1. The summed E-state index contributed by atoms with van der Waals surface area (Å²) in [6.07, 6.45) is 2.58. The number of ether oxygens (including phenoxy) is 2. The predicted molar refractivity (Wildman–Crippen MR) is 106 cm³/mol. The van der Waals surface area contributed by atoms with Gasteiger partial charge in [-0.15, -0.1) is 0 Å². The standard InChI is InChI=1S/C21H23N5O3/c1-14-12-19(29-17-6-4-16(28-3)5-7-17)23-20(22-14)15-8-11-26(13-15)21(27)18-9-10-25(2)24-18/h4-7,9-10,12,15H,8,11,13H2,1-3H3. The summed E-state index contributed by atoms with van der Waals surface area (Å²) in [6, 6.07) is 10.9.